The number of rotatable bonds is 3. The summed E-state index contributed by atoms with van der Waals surface area (Å²) in [6.07, 6.45) is 2.93. The van der Waals surface area contributed by atoms with E-state index in [0.717, 1.165) is 33.1 Å². The van der Waals surface area contributed by atoms with Gasteiger partial charge in [0, 0.05) is 44.8 Å². The molecule has 3 aromatic heterocycles. The summed E-state index contributed by atoms with van der Waals surface area (Å²) in [5.41, 5.74) is 4.51. The fraction of sp³-hybridized carbons (Fsp3) is 0.152. The normalized spacial score (nSPS) is 11.9. The Hall–Kier alpha value is -3.77. The van der Waals surface area contributed by atoms with E-state index in [9.17, 15) is 4.79 Å². The summed E-state index contributed by atoms with van der Waals surface area (Å²) in [5, 5.41) is 15.7. The molecule has 7 heteroatoms. The van der Waals surface area contributed by atoms with Crippen molar-refractivity contribution in [3.8, 4) is 11.3 Å². The van der Waals surface area contributed by atoms with Crippen molar-refractivity contribution >= 4 is 62.8 Å². The predicted octanol–water partition coefficient (Wildman–Crippen LogP) is 7.26. The van der Waals surface area contributed by atoms with E-state index in [1.165, 1.54) is 41.3 Å². The summed E-state index contributed by atoms with van der Waals surface area (Å²) in [5.74, 6) is -0.0625. The van der Waals surface area contributed by atoms with Crippen molar-refractivity contribution in [2.45, 2.75) is 33.5 Å². The second-order valence-electron chi connectivity index (χ2n) is 10.8. The zero-order valence-corrected chi connectivity index (χ0v) is 26.6. The molecule has 0 fully saturated rings. The number of fused-ring (bicyclic) bond motifs is 6. The first kappa shape index (κ1) is 29.2. The van der Waals surface area contributed by atoms with E-state index < -0.39 is 8.07 Å². The third-order valence-corrected chi connectivity index (χ3v) is 8.74. The fourth-order valence-electron chi connectivity index (χ4n) is 5.04. The van der Waals surface area contributed by atoms with Gasteiger partial charge in [0.1, 0.15) is 11.2 Å². The van der Waals surface area contributed by atoms with Crippen LogP contribution in [0.25, 0.3) is 55.0 Å². The quantitative estimate of drug-likeness (QED) is 0.0522. The molecule has 205 valence electrons. The van der Waals surface area contributed by atoms with Crippen LogP contribution >= 0.6 is 0 Å². The molecule has 3 aromatic carbocycles. The Bertz CT molecular complexity index is 1920. The summed E-state index contributed by atoms with van der Waals surface area (Å²) in [6.45, 7) is 10.0. The summed E-state index contributed by atoms with van der Waals surface area (Å²) < 4.78 is 8.27. The van der Waals surface area contributed by atoms with Crippen molar-refractivity contribution in [3.05, 3.63) is 97.9 Å². The maximum atomic E-state index is 10.0. The van der Waals surface area contributed by atoms with Crippen LogP contribution in [-0.4, -0.2) is 23.9 Å². The number of aliphatic hydroxyl groups excluding tert-OH is 1. The van der Waals surface area contributed by atoms with Gasteiger partial charge >= 0.3 is 0 Å². The molecular weight excluding hydrogens is 693 g/mol. The number of carbonyl (C=O) groups excluding carboxylic acids is 1. The number of benzene rings is 3. The second kappa shape index (κ2) is 11.4. The van der Waals surface area contributed by atoms with Crippen molar-refractivity contribution in [1.82, 2.24) is 4.98 Å². The van der Waals surface area contributed by atoms with E-state index in [2.05, 4.69) is 86.3 Å². The molecule has 3 heterocycles. The molecule has 0 saturated heterocycles. The van der Waals surface area contributed by atoms with Crippen LogP contribution in [0.2, 0.25) is 19.6 Å². The van der Waals surface area contributed by atoms with E-state index in [0.29, 0.717) is 5.71 Å². The van der Waals surface area contributed by atoms with Crippen molar-refractivity contribution in [1.29, 1.82) is 0 Å². The maximum Gasteiger partial charge on any atom is 0.216 e. The van der Waals surface area contributed by atoms with Gasteiger partial charge < -0.3 is 14.1 Å². The molecule has 0 spiro atoms. The van der Waals surface area contributed by atoms with Crippen LogP contribution in [0.3, 0.4) is 0 Å². The number of aliphatic hydroxyl groups is 1. The minimum atomic E-state index is -1.70. The Morgan fingerprint density at radius 3 is 2.42 bits per heavy atom. The third kappa shape index (κ3) is 5.46. The van der Waals surface area contributed by atoms with E-state index in [1.807, 2.05) is 22.8 Å². The van der Waals surface area contributed by atoms with Gasteiger partial charge in [-0.05, 0) is 59.8 Å². The predicted molar refractivity (Wildman–Crippen MR) is 162 cm³/mol. The molecule has 1 N–H and O–H groups in total. The Morgan fingerprint density at radius 1 is 1.02 bits per heavy atom. The molecule has 0 bridgehead atoms. The molecule has 6 rings (SSSR count). The number of nitrogens with zero attached hydrogens (tertiary/aromatic N) is 2. The van der Waals surface area contributed by atoms with Crippen molar-refractivity contribution < 1.29 is 39.0 Å². The Balaban J connectivity index is 0.000000413. The number of pyridine rings is 2. The molecule has 0 atom stereocenters. The number of furan rings is 1. The van der Waals surface area contributed by atoms with Crippen LogP contribution in [0.1, 0.15) is 13.8 Å². The van der Waals surface area contributed by atoms with Gasteiger partial charge in [0.25, 0.3) is 0 Å². The molecule has 0 aliphatic rings. The van der Waals surface area contributed by atoms with Crippen LogP contribution in [-0.2, 0) is 24.9 Å². The summed E-state index contributed by atoms with van der Waals surface area (Å²) >= 11 is 0. The molecule has 6 aromatic rings. The zero-order valence-electron chi connectivity index (χ0n) is 23.2. The van der Waals surface area contributed by atoms with Crippen molar-refractivity contribution in [3.63, 3.8) is 0 Å². The Labute approximate surface area is 248 Å². The first-order valence-electron chi connectivity index (χ1n) is 12.8. The number of ketones is 1. The van der Waals surface area contributed by atoms with E-state index in [-0.39, 0.29) is 31.6 Å². The number of carbonyl (C=O) groups is 1. The molecule has 0 aliphatic carbocycles. The van der Waals surface area contributed by atoms with Crippen LogP contribution in [0, 0.1) is 13.1 Å². The van der Waals surface area contributed by atoms with Gasteiger partial charge in [-0.2, -0.15) is 0 Å². The van der Waals surface area contributed by atoms with Gasteiger partial charge in [0.05, 0.1) is 19.4 Å². The maximum absolute atomic E-state index is 10.0. The van der Waals surface area contributed by atoms with Gasteiger partial charge in [0.15, 0.2) is 5.78 Å². The van der Waals surface area contributed by atoms with Crippen molar-refractivity contribution in [2.75, 3.05) is 0 Å². The minimum Gasteiger partial charge on any atom is -0.512 e. The average Bonchev–Trinajstić information content (AvgIpc) is 3.27. The van der Waals surface area contributed by atoms with E-state index >= 15 is 0 Å². The molecule has 0 saturated carbocycles. The zero-order chi connectivity index (χ0) is 27.9. The van der Waals surface area contributed by atoms with E-state index in [1.54, 1.807) is 6.20 Å². The van der Waals surface area contributed by atoms with Crippen LogP contribution in [0.5, 0.6) is 0 Å². The summed E-state index contributed by atoms with van der Waals surface area (Å²) in [4.78, 5) is 14.4. The standard InChI is InChI=1S/C28H23N2OSi.C5H8O2.Ir/c1-30-23-15-14-18-9-5-6-10-19(18)26(23)25(32(2,3)4)17-24(30)22-12-7-11-20-21-13-8-16-29-28(21)31-27(20)22;1-4(6)3-5(2)7;/h5-11,13-17H,1H2,2-4H3;3,6H,1-2H3;/q-1;;/b;4-3-;. The molecule has 0 amide bonds. The van der Waals surface area contributed by atoms with Crippen LogP contribution in [0.4, 0.5) is 0 Å². The van der Waals surface area contributed by atoms with Gasteiger partial charge in [-0.3, -0.25) is 4.79 Å². The third-order valence-electron chi connectivity index (χ3n) is 6.72. The molecule has 5 nitrogen and oxygen atoms in total. The van der Waals surface area contributed by atoms with Crippen molar-refractivity contribution in [2.24, 2.45) is 0 Å². The molecule has 40 heavy (non-hydrogen) atoms. The van der Waals surface area contributed by atoms with Crippen LogP contribution < -0.4 is 9.75 Å². The molecule has 0 unspecified atom stereocenters. The minimum absolute atomic E-state index is 0. The molecule has 1 radical (unpaired) electrons. The van der Waals surface area contributed by atoms with Gasteiger partial charge in [-0.15, -0.1) is 18.2 Å². The molecular formula is C33H31IrN2O3Si-. The number of aromatic nitrogens is 2. The largest absolute Gasteiger partial charge is 0.512 e. The average molecular weight is 724 g/mol. The topological polar surface area (TPSA) is 67.2 Å². The summed E-state index contributed by atoms with van der Waals surface area (Å²) in [6, 6.07) is 26.8. The number of hydrogen-bond acceptors (Lipinski definition) is 4. The Kier molecular flexibility index (Phi) is 8.31. The van der Waals surface area contributed by atoms with Gasteiger partial charge in [-0.25, -0.2) is 4.98 Å². The first-order chi connectivity index (χ1) is 18.6. The Morgan fingerprint density at radius 2 is 1.75 bits per heavy atom. The monoisotopic (exact) mass is 724 g/mol. The van der Waals surface area contributed by atoms with E-state index in [4.69, 9.17) is 9.52 Å². The van der Waals surface area contributed by atoms with Gasteiger partial charge in [-0.1, -0.05) is 60.5 Å². The SMILES string of the molecule is CC(=O)/C=C(/C)O.[CH2-][n+]1c(-c2[c-]ccc3c2oc2ncccc23)cc([Si](C)(C)C)c2c3ccccc3ccc21.[Ir]. The van der Waals surface area contributed by atoms with Crippen LogP contribution in [0.15, 0.2) is 89.2 Å². The molecule has 0 aliphatic heterocycles. The first-order valence-corrected chi connectivity index (χ1v) is 16.3. The number of allylic oxidation sites excluding steroid dienone is 2. The number of hydrogen-bond donors (Lipinski definition) is 1. The second-order valence-corrected chi connectivity index (χ2v) is 15.8. The van der Waals surface area contributed by atoms with Gasteiger partial charge in [0.2, 0.25) is 5.71 Å². The smallest absolute Gasteiger partial charge is 0.216 e. The fourth-order valence-corrected chi connectivity index (χ4v) is 6.63. The summed E-state index contributed by atoms with van der Waals surface area (Å²) in [7, 11) is 2.77.